The highest BCUT2D eigenvalue weighted by molar-refractivity contribution is 5.60. The predicted octanol–water partition coefficient (Wildman–Crippen LogP) is 1.24. The number of hydrogen-bond acceptors (Lipinski definition) is 3. The molecule has 0 unspecified atom stereocenters. The highest BCUT2D eigenvalue weighted by atomic mass is 14.9. The molecule has 2 aromatic rings. The predicted molar refractivity (Wildman–Crippen MR) is 54.4 cm³/mol. The van der Waals surface area contributed by atoms with Crippen LogP contribution < -0.4 is 5.73 Å². The maximum atomic E-state index is 5.61. The van der Waals surface area contributed by atoms with Gasteiger partial charge in [-0.2, -0.15) is 0 Å². The Kier molecular flexibility index (Phi) is 2.28. The molecule has 2 aromatic heterocycles. The molecule has 14 heavy (non-hydrogen) atoms. The topological polar surface area (TPSA) is 67.6 Å². The van der Waals surface area contributed by atoms with E-state index in [-0.39, 0.29) is 0 Å². The first-order valence-electron chi connectivity index (χ1n) is 4.47. The van der Waals surface area contributed by atoms with Crippen LogP contribution in [0.15, 0.2) is 24.5 Å². The highest BCUT2D eigenvalue weighted by Gasteiger charge is 2.08. The maximum absolute atomic E-state index is 5.61. The van der Waals surface area contributed by atoms with Crippen molar-refractivity contribution in [3.8, 4) is 11.3 Å². The number of hydrogen-bond donors (Lipinski definition) is 2. The van der Waals surface area contributed by atoms with Gasteiger partial charge in [-0.3, -0.25) is 4.98 Å². The molecule has 2 rings (SSSR count). The first kappa shape index (κ1) is 8.90. The summed E-state index contributed by atoms with van der Waals surface area (Å²) in [4.78, 5) is 11.6. The van der Waals surface area contributed by atoms with Gasteiger partial charge in [0.25, 0.3) is 0 Å². The fourth-order valence-electron chi connectivity index (χ4n) is 1.43. The van der Waals surface area contributed by atoms with E-state index in [0.717, 1.165) is 22.8 Å². The van der Waals surface area contributed by atoms with Gasteiger partial charge in [0.05, 0.1) is 11.4 Å². The van der Waals surface area contributed by atoms with Crippen LogP contribution in [0.4, 0.5) is 0 Å². The zero-order valence-electron chi connectivity index (χ0n) is 7.99. The molecule has 0 saturated carbocycles. The lowest BCUT2D eigenvalue weighted by Crippen LogP contribution is -1.98. The first-order valence-corrected chi connectivity index (χ1v) is 4.47. The van der Waals surface area contributed by atoms with E-state index in [1.165, 1.54) is 0 Å². The van der Waals surface area contributed by atoms with Crippen LogP contribution in [0.2, 0.25) is 0 Å². The Hall–Kier alpha value is -1.68. The molecule has 0 bridgehead atoms. The molecule has 0 spiro atoms. The van der Waals surface area contributed by atoms with Crippen molar-refractivity contribution in [1.29, 1.82) is 0 Å². The normalized spacial score (nSPS) is 10.4. The Bertz CT molecular complexity index is 419. The van der Waals surface area contributed by atoms with Crippen LogP contribution >= 0.6 is 0 Å². The smallest absolute Gasteiger partial charge is 0.103 e. The second-order valence-corrected chi connectivity index (χ2v) is 3.10. The van der Waals surface area contributed by atoms with Gasteiger partial charge in [0.1, 0.15) is 5.82 Å². The molecule has 0 radical (unpaired) electrons. The number of nitrogens with two attached hydrogens (primary N) is 1. The molecule has 0 saturated heterocycles. The van der Waals surface area contributed by atoms with E-state index in [4.69, 9.17) is 5.73 Å². The van der Waals surface area contributed by atoms with Crippen LogP contribution in [0.25, 0.3) is 11.3 Å². The van der Waals surface area contributed by atoms with Gasteiger partial charge in [-0.15, -0.1) is 0 Å². The van der Waals surface area contributed by atoms with Gasteiger partial charge >= 0.3 is 0 Å². The number of pyridine rings is 1. The van der Waals surface area contributed by atoms with Crippen molar-refractivity contribution in [1.82, 2.24) is 15.0 Å². The maximum Gasteiger partial charge on any atom is 0.103 e. The number of nitrogens with zero attached hydrogens (tertiary/aromatic N) is 2. The molecule has 4 heteroatoms. The third-order valence-electron chi connectivity index (χ3n) is 2.04. The fraction of sp³-hybridized carbons (Fsp3) is 0.200. The number of H-pyrrole nitrogens is 1. The van der Waals surface area contributed by atoms with Crippen molar-refractivity contribution >= 4 is 0 Å². The van der Waals surface area contributed by atoms with Crippen molar-refractivity contribution in [3.05, 3.63) is 36.0 Å². The van der Waals surface area contributed by atoms with Crippen LogP contribution in [0, 0.1) is 6.92 Å². The second-order valence-electron chi connectivity index (χ2n) is 3.10. The van der Waals surface area contributed by atoms with Crippen LogP contribution in [-0.4, -0.2) is 15.0 Å². The first-order chi connectivity index (χ1) is 6.81. The monoisotopic (exact) mass is 188 g/mol. The molecule has 0 amide bonds. The minimum Gasteiger partial charge on any atom is -0.345 e. The van der Waals surface area contributed by atoms with E-state index in [1.807, 2.05) is 19.1 Å². The van der Waals surface area contributed by atoms with Gasteiger partial charge in [0, 0.05) is 24.5 Å². The third kappa shape index (κ3) is 1.52. The van der Waals surface area contributed by atoms with Gasteiger partial charge in [0.15, 0.2) is 0 Å². The number of imidazole rings is 1. The number of rotatable bonds is 2. The Morgan fingerprint density at radius 3 is 3.00 bits per heavy atom. The van der Waals surface area contributed by atoms with Crippen LogP contribution in [0.5, 0.6) is 0 Å². The molecule has 0 aliphatic heterocycles. The van der Waals surface area contributed by atoms with Crippen LogP contribution in [0.3, 0.4) is 0 Å². The average Bonchev–Trinajstić information content (AvgIpc) is 2.61. The molecule has 0 aromatic carbocycles. The molecule has 0 aliphatic carbocycles. The number of aryl methyl sites for hydroxylation is 1. The van der Waals surface area contributed by atoms with E-state index in [1.54, 1.807) is 12.4 Å². The zero-order chi connectivity index (χ0) is 9.97. The summed E-state index contributed by atoms with van der Waals surface area (Å²) in [5.74, 6) is 0.879. The van der Waals surface area contributed by atoms with E-state index in [2.05, 4.69) is 15.0 Å². The molecule has 2 heterocycles. The Labute approximate surface area is 82.2 Å². The van der Waals surface area contributed by atoms with Crippen LogP contribution in [0.1, 0.15) is 11.5 Å². The number of aromatic nitrogens is 3. The number of nitrogens with one attached hydrogen (secondary N) is 1. The van der Waals surface area contributed by atoms with Crippen LogP contribution in [-0.2, 0) is 6.54 Å². The summed E-state index contributed by atoms with van der Waals surface area (Å²) >= 11 is 0. The Morgan fingerprint density at radius 2 is 2.36 bits per heavy atom. The molecule has 0 fully saturated rings. The summed E-state index contributed by atoms with van der Waals surface area (Å²) in [5.41, 5.74) is 8.46. The molecule has 4 nitrogen and oxygen atoms in total. The van der Waals surface area contributed by atoms with Crippen molar-refractivity contribution in [2.24, 2.45) is 5.73 Å². The summed E-state index contributed by atoms with van der Waals surface area (Å²) in [6.45, 7) is 2.38. The highest BCUT2D eigenvalue weighted by Crippen LogP contribution is 2.19. The van der Waals surface area contributed by atoms with Crippen molar-refractivity contribution in [2.45, 2.75) is 13.5 Å². The van der Waals surface area contributed by atoms with E-state index in [0.29, 0.717) is 6.54 Å². The SMILES string of the molecule is Cc1nc(-c2cccnc2)c(CN)[nH]1. The van der Waals surface area contributed by atoms with Crippen molar-refractivity contribution < 1.29 is 0 Å². The second kappa shape index (κ2) is 3.59. The van der Waals surface area contributed by atoms with Gasteiger partial charge in [-0.25, -0.2) is 4.98 Å². The quantitative estimate of drug-likeness (QED) is 0.745. The largest absolute Gasteiger partial charge is 0.345 e. The van der Waals surface area contributed by atoms with E-state index in [9.17, 15) is 0 Å². The fourth-order valence-corrected chi connectivity index (χ4v) is 1.43. The molecule has 0 aliphatic rings. The summed E-state index contributed by atoms with van der Waals surface area (Å²) in [6, 6.07) is 3.86. The summed E-state index contributed by atoms with van der Waals surface area (Å²) < 4.78 is 0. The lowest BCUT2D eigenvalue weighted by atomic mass is 10.2. The minimum absolute atomic E-state index is 0.463. The molecule has 0 atom stereocenters. The van der Waals surface area contributed by atoms with Gasteiger partial charge in [0.2, 0.25) is 0 Å². The Morgan fingerprint density at radius 1 is 1.50 bits per heavy atom. The Balaban J connectivity index is 2.51. The number of aromatic amines is 1. The molecule has 3 N–H and O–H groups in total. The lowest BCUT2D eigenvalue weighted by molar-refractivity contribution is 0.998. The van der Waals surface area contributed by atoms with Gasteiger partial charge < -0.3 is 10.7 Å². The van der Waals surface area contributed by atoms with Crippen molar-refractivity contribution in [2.75, 3.05) is 0 Å². The average molecular weight is 188 g/mol. The van der Waals surface area contributed by atoms with Gasteiger partial charge in [-0.05, 0) is 19.1 Å². The van der Waals surface area contributed by atoms with Crippen molar-refractivity contribution in [3.63, 3.8) is 0 Å². The molecular weight excluding hydrogens is 176 g/mol. The minimum atomic E-state index is 0.463. The molecular formula is C10H12N4. The summed E-state index contributed by atoms with van der Waals surface area (Å²) in [7, 11) is 0. The zero-order valence-corrected chi connectivity index (χ0v) is 7.99. The van der Waals surface area contributed by atoms with E-state index >= 15 is 0 Å². The lowest BCUT2D eigenvalue weighted by Gasteiger charge is -1.98. The van der Waals surface area contributed by atoms with Gasteiger partial charge in [-0.1, -0.05) is 0 Å². The summed E-state index contributed by atoms with van der Waals surface area (Å²) in [5, 5.41) is 0. The standard InChI is InChI=1S/C10H12N4/c1-7-13-9(5-11)10(14-7)8-3-2-4-12-6-8/h2-4,6H,5,11H2,1H3,(H,13,14). The van der Waals surface area contributed by atoms with E-state index < -0.39 is 0 Å². The molecule has 72 valence electrons. The summed E-state index contributed by atoms with van der Waals surface area (Å²) in [6.07, 6.45) is 3.53. The third-order valence-corrected chi connectivity index (χ3v) is 2.04.